The molecule has 1 fully saturated rings. The fraction of sp³-hybridized carbons (Fsp3) is 0.625. The predicted octanol–water partition coefficient (Wildman–Crippen LogP) is 1.52. The summed E-state index contributed by atoms with van der Waals surface area (Å²) < 4.78 is 1.76. The second-order valence-electron chi connectivity index (χ2n) is 7.33. The van der Waals surface area contributed by atoms with Crippen LogP contribution in [0.4, 0.5) is 5.82 Å². The summed E-state index contributed by atoms with van der Waals surface area (Å²) in [5.41, 5.74) is 0.954. The zero-order chi connectivity index (χ0) is 16.6. The lowest BCUT2D eigenvalue weighted by Crippen LogP contribution is -2.49. The van der Waals surface area contributed by atoms with E-state index in [1.54, 1.807) is 4.52 Å². The molecular formula is C16H24N6O. The summed E-state index contributed by atoms with van der Waals surface area (Å²) >= 11 is 0. The van der Waals surface area contributed by atoms with Crippen LogP contribution < -0.4 is 4.90 Å². The maximum Gasteiger partial charge on any atom is 0.254 e. The summed E-state index contributed by atoms with van der Waals surface area (Å²) in [5, 5.41) is 4.26. The van der Waals surface area contributed by atoms with E-state index < -0.39 is 0 Å². The molecule has 1 saturated heterocycles. The van der Waals surface area contributed by atoms with Crippen LogP contribution in [0, 0.1) is 12.3 Å². The first-order valence-electron chi connectivity index (χ1n) is 8.04. The van der Waals surface area contributed by atoms with Crippen LogP contribution in [0.2, 0.25) is 0 Å². The SMILES string of the molecule is Cc1cc(N2CCN(C(=O)CC(C)(C)C)CC2)n2ncnc2n1. The number of carbonyl (C=O) groups excluding carboxylic acids is 1. The molecule has 3 heterocycles. The first kappa shape index (κ1) is 15.7. The van der Waals surface area contributed by atoms with Crippen LogP contribution in [0.5, 0.6) is 0 Å². The number of nitrogens with zero attached hydrogens (tertiary/aromatic N) is 6. The normalized spacial score (nSPS) is 16.2. The van der Waals surface area contributed by atoms with Gasteiger partial charge in [-0.3, -0.25) is 4.79 Å². The van der Waals surface area contributed by atoms with Gasteiger partial charge in [-0.1, -0.05) is 20.8 Å². The number of hydrogen-bond donors (Lipinski definition) is 0. The summed E-state index contributed by atoms with van der Waals surface area (Å²) in [5.74, 6) is 1.85. The maximum atomic E-state index is 12.4. The molecule has 0 bridgehead atoms. The molecule has 7 nitrogen and oxygen atoms in total. The lowest BCUT2D eigenvalue weighted by Gasteiger charge is -2.37. The van der Waals surface area contributed by atoms with Crippen molar-refractivity contribution in [2.45, 2.75) is 34.1 Å². The molecule has 3 rings (SSSR count). The third-order valence-corrected chi connectivity index (χ3v) is 4.00. The average molecular weight is 316 g/mol. The van der Waals surface area contributed by atoms with Crippen LogP contribution in [0.25, 0.3) is 5.78 Å². The summed E-state index contributed by atoms with van der Waals surface area (Å²) in [6.45, 7) is 11.3. The Balaban J connectivity index is 1.71. The van der Waals surface area contributed by atoms with Gasteiger partial charge in [0.2, 0.25) is 5.91 Å². The van der Waals surface area contributed by atoms with Crippen LogP contribution in [0.3, 0.4) is 0 Å². The first-order valence-corrected chi connectivity index (χ1v) is 8.04. The molecule has 0 radical (unpaired) electrons. The lowest BCUT2D eigenvalue weighted by molar-refractivity contribution is -0.133. The van der Waals surface area contributed by atoms with Crippen LogP contribution >= 0.6 is 0 Å². The highest BCUT2D eigenvalue weighted by Crippen LogP contribution is 2.22. The van der Waals surface area contributed by atoms with Gasteiger partial charge in [0.1, 0.15) is 12.1 Å². The number of piperazine rings is 1. The van der Waals surface area contributed by atoms with E-state index in [1.807, 2.05) is 17.9 Å². The molecule has 2 aromatic heterocycles. The Kier molecular flexibility index (Phi) is 3.95. The third kappa shape index (κ3) is 3.43. The monoisotopic (exact) mass is 316 g/mol. The smallest absolute Gasteiger partial charge is 0.254 e. The Labute approximate surface area is 136 Å². The predicted molar refractivity (Wildman–Crippen MR) is 88.4 cm³/mol. The van der Waals surface area contributed by atoms with Crippen LogP contribution in [0.1, 0.15) is 32.9 Å². The largest absolute Gasteiger partial charge is 0.353 e. The summed E-state index contributed by atoms with van der Waals surface area (Å²) in [6.07, 6.45) is 2.11. The number of rotatable bonds is 2. The molecular weight excluding hydrogens is 292 g/mol. The van der Waals surface area contributed by atoms with Gasteiger partial charge >= 0.3 is 0 Å². The summed E-state index contributed by atoms with van der Waals surface area (Å²) in [7, 11) is 0. The van der Waals surface area contributed by atoms with E-state index in [2.05, 4.69) is 40.7 Å². The molecule has 7 heteroatoms. The van der Waals surface area contributed by atoms with Gasteiger partial charge in [0.05, 0.1) is 0 Å². The van der Waals surface area contributed by atoms with E-state index in [0.717, 1.165) is 37.7 Å². The molecule has 1 amide bonds. The minimum absolute atomic E-state index is 0.0311. The Morgan fingerprint density at radius 2 is 1.91 bits per heavy atom. The second kappa shape index (κ2) is 5.79. The Bertz CT molecular complexity index is 709. The van der Waals surface area contributed by atoms with E-state index >= 15 is 0 Å². The zero-order valence-electron chi connectivity index (χ0n) is 14.3. The molecule has 0 N–H and O–H groups in total. The van der Waals surface area contributed by atoms with Gasteiger partial charge < -0.3 is 9.80 Å². The number of anilines is 1. The molecule has 124 valence electrons. The van der Waals surface area contributed by atoms with Crippen LogP contribution in [0.15, 0.2) is 12.4 Å². The molecule has 1 aliphatic heterocycles. The van der Waals surface area contributed by atoms with Gasteiger partial charge in [-0.15, -0.1) is 0 Å². The van der Waals surface area contributed by atoms with Gasteiger partial charge in [0, 0.05) is 44.4 Å². The number of amides is 1. The van der Waals surface area contributed by atoms with Gasteiger partial charge in [-0.2, -0.15) is 14.6 Å². The summed E-state index contributed by atoms with van der Waals surface area (Å²) in [6, 6.07) is 2.02. The van der Waals surface area contributed by atoms with E-state index in [-0.39, 0.29) is 11.3 Å². The van der Waals surface area contributed by atoms with Crippen LogP contribution in [-0.4, -0.2) is 56.6 Å². The average Bonchev–Trinajstić information content (AvgIpc) is 2.93. The maximum absolute atomic E-state index is 12.4. The minimum Gasteiger partial charge on any atom is -0.353 e. The van der Waals surface area contributed by atoms with Crippen molar-refractivity contribution >= 4 is 17.5 Å². The van der Waals surface area contributed by atoms with E-state index in [1.165, 1.54) is 6.33 Å². The van der Waals surface area contributed by atoms with Crippen molar-refractivity contribution in [1.82, 2.24) is 24.5 Å². The molecule has 2 aromatic rings. The molecule has 23 heavy (non-hydrogen) atoms. The minimum atomic E-state index is 0.0311. The van der Waals surface area contributed by atoms with E-state index in [4.69, 9.17) is 0 Å². The van der Waals surface area contributed by atoms with Crippen molar-refractivity contribution in [2.24, 2.45) is 5.41 Å². The van der Waals surface area contributed by atoms with Gasteiger partial charge in [-0.05, 0) is 12.3 Å². The summed E-state index contributed by atoms with van der Waals surface area (Å²) in [4.78, 5) is 25.1. The van der Waals surface area contributed by atoms with Crippen molar-refractivity contribution in [2.75, 3.05) is 31.1 Å². The topological polar surface area (TPSA) is 66.6 Å². The zero-order valence-corrected chi connectivity index (χ0v) is 14.3. The number of carbonyl (C=O) groups is 1. The van der Waals surface area contributed by atoms with Crippen molar-refractivity contribution in [3.05, 3.63) is 18.1 Å². The molecule has 0 spiro atoms. The molecule has 1 aliphatic rings. The van der Waals surface area contributed by atoms with Crippen molar-refractivity contribution in [3.8, 4) is 0 Å². The highest BCUT2D eigenvalue weighted by Gasteiger charge is 2.26. The quantitative estimate of drug-likeness (QED) is 0.840. The van der Waals surface area contributed by atoms with Crippen molar-refractivity contribution in [3.63, 3.8) is 0 Å². The second-order valence-corrected chi connectivity index (χ2v) is 7.33. The molecule has 0 unspecified atom stereocenters. The number of fused-ring (bicyclic) bond motifs is 1. The van der Waals surface area contributed by atoms with Gasteiger partial charge in [0.25, 0.3) is 5.78 Å². The molecule has 0 saturated carbocycles. The Hall–Kier alpha value is -2.18. The number of aryl methyl sites for hydroxylation is 1. The molecule has 0 aliphatic carbocycles. The highest BCUT2D eigenvalue weighted by molar-refractivity contribution is 5.77. The fourth-order valence-corrected chi connectivity index (χ4v) is 2.89. The third-order valence-electron chi connectivity index (χ3n) is 4.00. The van der Waals surface area contributed by atoms with E-state index in [0.29, 0.717) is 12.2 Å². The lowest BCUT2D eigenvalue weighted by atomic mass is 9.91. The fourth-order valence-electron chi connectivity index (χ4n) is 2.89. The van der Waals surface area contributed by atoms with Gasteiger partial charge in [-0.25, -0.2) is 4.98 Å². The molecule has 0 atom stereocenters. The van der Waals surface area contributed by atoms with Gasteiger partial charge in [0.15, 0.2) is 0 Å². The van der Waals surface area contributed by atoms with Crippen molar-refractivity contribution < 1.29 is 4.79 Å². The standard InChI is InChI=1S/C16H24N6O/c1-12-9-13(22-15(19-12)17-11-18-22)20-5-7-21(8-6-20)14(23)10-16(2,3)4/h9,11H,5-8,10H2,1-4H3. The molecule has 0 aromatic carbocycles. The number of aromatic nitrogens is 4. The first-order chi connectivity index (χ1) is 10.8. The Morgan fingerprint density at radius 3 is 2.57 bits per heavy atom. The highest BCUT2D eigenvalue weighted by atomic mass is 16.2. The van der Waals surface area contributed by atoms with Crippen molar-refractivity contribution in [1.29, 1.82) is 0 Å². The van der Waals surface area contributed by atoms with Crippen LogP contribution in [-0.2, 0) is 4.79 Å². The number of hydrogen-bond acceptors (Lipinski definition) is 5. The van der Waals surface area contributed by atoms with E-state index in [9.17, 15) is 4.79 Å². The Morgan fingerprint density at radius 1 is 1.22 bits per heavy atom.